The highest BCUT2D eigenvalue weighted by molar-refractivity contribution is 9.11. The molecule has 0 aliphatic heterocycles. The van der Waals surface area contributed by atoms with E-state index in [1.165, 1.54) is 16.0 Å². The molecule has 0 spiro atoms. The maximum absolute atomic E-state index is 6.07. The van der Waals surface area contributed by atoms with Crippen LogP contribution in [0.1, 0.15) is 29.9 Å². The van der Waals surface area contributed by atoms with Crippen molar-refractivity contribution in [1.82, 2.24) is 5.32 Å². The summed E-state index contributed by atoms with van der Waals surface area (Å²) in [7, 11) is 0. The maximum Gasteiger partial charge on any atom is 0.127 e. The average Bonchev–Trinajstić information content (AvgIpc) is 2.83. The first-order valence-corrected chi connectivity index (χ1v) is 8.83. The third-order valence-corrected chi connectivity index (χ3v) is 4.75. The molecule has 0 saturated heterocycles. The van der Waals surface area contributed by atoms with Crippen molar-refractivity contribution < 1.29 is 4.74 Å². The average molecular weight is 368 g/mol. The summed E-state index contributed by atoms with van der Waals surface area (Å²) in [5.41, 5.74) is 2.42. The summed E-state index contributed by atoms with van der Waals surface area (Å²) in [6, 6.07) is 10.5. The zero-order valence-corrected chi connectivity index (χ0v) is 15.2. The van der Waals surface area contributed by atoms with E-state index in [0.717, 1.165) is 22.6 Å². The molecule has 0 fully saturated rings. The number of ether oxygens (including phenoxy) is 1. The van der Waals surface area contributed by atoms with Crippen LogP contribution >= 0.6 is 27.3 Å². The van der Waals surface area contributed by atoms with Crippen LogP contribution in [0.5, 0.6) is 5.75 Å². The molecule has 1 heterocycles. The Morgan fingerprint density at radius 1 is 1.24 bits per heavy atom. The molecule has 2 aromatic rings. The van der Waals surface area contributed by atoms with Crippen LogP contribution in [0.15, 0.2) is 34.1 Å². The predicted octanol–water partition coefficient (Wildman–Crippen LogP) is 5.14. The Morgan fingerprint density at radius 3 is 2.71 bits per heavy atom. The molecule has 0 unspecified atom stereocenters. The van der Waals surface area contributed by atoms with E-state index in [2.05, 4.69) is 72.3 Å². The number of rotatable bonds is 7. The molecule has 2 nitrogen and oxygen atoms in total. The lowest BCUT2D eigenvalue weighted by atomic mass is 10.1. The van der Waals surface area contributed by atoms with Gasteiger partial charge in [0.15, 0.2) is 0 Å². The van der Waals surface area contributed by atoms with E-state index in [4.69, 9.17) is 4.74 Å². The van der Waals surface area contributed by atoms with Gasteiger partial charge >= 0.3 is 0 Å². The van der Waals surface area contributed by atoms with Crippen LogP contribution in [0.25, 0.3) is 0 Å². The minimum Gasteiger partial charge on any atom is -0.487 e. The van der Waals surface area contributed by atoms with Gasteiger partial charge in [0.25, 0.3) is 0 Å². The first kappa shape index (κ1) is 16.5. The Hall–Kier alpha value is -0.840. The summed E-state index contributed by atoms with van der Waals surface area (Å²) in [5, 5.41) is 3.49. The highest BCUT2D eigenvalue weighted by atomic mass is 79.9. The second kappa shape index (κ2) is 7.97. The van der Waals surface area contributed by atoms with Gasteiger partial charge in [0, 0.05) is 17.0 Å². The van der Waals surface area contributed by atoms with E-state index in [9.17, 15) is 0 Å². The lowest BCUT2D eigenvalue weighted by Gasteiger charge is -2.15. The third kappa shape index (κ3) is 5.13. The van der Waals surface area contributed by atoms with Crippen molar-refractivity contribution in [2.75, 3.05) is 6.54 Å². The molecule has 1 N–H and O–H groups in total. The largest absolute Gasteiger partial charge is 0.487 e. The SMILES string of the molecule is Cc1cccc(CNCC(C)C)c1OCc1ccc(Br)s1. The van der Waals surface area contributed by atoms with Gasteiger partial charge in [-0.1, -0.05) is 32.0 Å². The van der Waals surface area contributed by atoms with Gasteiger partial charge < -0.3 is 10.1 Å². The fourth-order valence-electron chi connectivity index (χ4n) is 2.13. The standard InChI is InChI=1S/C17H22BrNOS/c1-12(2)9-19-10-14-6-4-5-13(3)17(14)20-11-15-7-8-16(18)21-15/h4-8,12,19H,9-11H2,1-3H3. The normalized spacial score (nSPS) is 11.1. The van der Waals surface area contributed by atoms with Crippen molar-refractivity contribution in [3.05, 3.63) is 50.1 Å². The molecule has 0 aliphatic carbocycles. The lowest BCUT2D eigenvalue weighted by molar-refractivity contribution is 0.303. The highest BCUT2D eigenvalue weighted by Crippen LogP contribution is 2.27. The van der Waals surface area contributed by atoms with Crippen LogP contribution in [0, 0.1) is 12.8 Å². The number of hydrogen-bond donors (Lipinski definition) is 1. The van der Waals surface area contributed by atoms with Crippen LogP contribution in [0.4, 0.5) is 0 Å². The Bertz CT molecular complexity index is 580. The van der Waals surface area contributed by atoms with Gasteiger partial charge in [0.05, 0.1) is 3.79 Å². The molecule has 0 atom stereocenters. The summed E-state index contributed by atoms with van der Waals surface area (Å²) < 4.78 is 7.22. The maximum atomic E-state index is 6.07. The fraction of sp³-hybridized carbons (Fsp3) is 0.412. The molecule has 4 heteroatoms. The second-order valence-corrected chi connectivity index (χ2v) is 8.13. The second-order valence-electron chi connectivity index (χ2n) is 5.58. The molecule has 114 valence electrons. The lowest BCUT2D eigenvalue weighted by Crippen LogP contribution is -2.19. The molecule has 0 aliphatic rings. The van der Waals surface area contributed by atoms with Crippen LogP contribution in [-0.2, 0) is 13.2 Å². The summed E-state index contributed by atoms with van der Waals surface area (Å²) in [5.74, 6) is 1.67. The molecule has 1 aromatic carbocycles. The Morgan fingerprint density at radius 2 is 2.05 bits per heavy atom. The van der Waals surface area contributed by atoms with E-state index < -0.39 is 0 Å². The van der Waals surface area contributed by atoms with Crippen molar-refractivity contribution in [3.63, 3.8) is 0 Å². The Labute approximate surface area is 139 Å². The van der Waals surface area contributed by atoms with Gasteiger partial charge in [0.1, 0.15) is 12.4 Å². The van der Waals surface area contributed by atoms with Gasteiger partial charge in [-0.3, -0.25) is 0 Å². The summed E-state index contributed by atoms with van der Waals surface area (Å²) in [4.78, 5) is 1.23. The summed E-state index contributed by atoms with van der Waals surface area (Å²) >= 11 is 5.20. The van der Waals surface area contributed by atoms with Gasteiger partial charge in [0.2, 0.25) is 0 Å². The van der Waals surface area contributed by atoms with Crippen LogP contribution in [0.2, 0.25) is 0 Å². The minimum atomic E-state index is 0.623. The molecule has 0 amide bonds. The minimum absolute atomic E-state index is 0.623. The van der Waals surface area contributed by atoms with Crippen LogP contribution < -0.4 is 10.1 Å². The highest BCUT2D eigenvalue weighted by Gasteiger charge is 2.08. The topological polar surface area (TPSA) is 21.3 Å². The predicted molar refractivity (Wildman–Crippen MR) is 94.1 cm³/mol. The van der Waals surface area contributed by atoms with Crippen molar-refractivity contribution >= 4 is 27.3 Å². The third-order valence-electron chi connectivity index (χ3n) is 3.15. The molecular weight excluding hydrogens is 346 g/mol. The van der Waals surface area contributed by atoms with Gasteiger partial charge in [-0.25, -0.2) is 0 Å². The number of thiophene rings is 1. The first-order chi connectivity index (χ1) is 10.1. The number of para-hydroxylation sites is 1. The smallest absolute Gasteiger partial charge is 0.127 e. The van der Waals surface area contributed by atoms with E-state index in [1.807, 2.05) is 0 Å². The molecule has 1 aromatic heterocycles. The molecule has 0 radical (unpaired) electrons. The van der Waals surface area contributed by atoms with Crippen LogP contribution in [0.3, 0.4) is 0 Å². The molecule has 0 bridgehead atoms. The van der Waals surface area contributed by atoms with E-state index in [0.29, 0.717) is 12.5 Å². The van der Waals surface area contributed by atoms with E-state index in [-0.39, 0.29) is 0 Å². The van der Waals surface area contributed by atoms with Gasteiger partial charge in [-0.15, -0.1) is 11.3 Å². The molecular formula is C17H22BrNOS. The number of hydrogen-bond acceptors (Lipinski definition) is 3. The van der Waals surface area contributed by atoms with Crippen molar-refractivity contribution in [1.29, 1.82) is 0 Å². The van der Waals surface area contributed by atoms with Crippen molar-refractivity contribution in [3.8, 4) is 5.75 Å². The monoisotopic (exact) mass is 367 g/mol. The van der Waals surface area contributed by atoms with Crippen LogP contribution in [-0.4, -0.2) is 6.54 Å². The molecule has 2 rings (SSSR count). The first-order valence-electron chi connectivity index (χ1n) is 7.22. The van der Waals surface area contributed by atoms with Gasteiger partial charge in [-0.2, -0.15) is 0 Å². The zero-order valence-electron chi connectivity index (χ0n) is 12.8. The number of aryl methyl sites for hydroxylation is 1. The van der Waals surface area contributed by atoms with E-state index in [1.54, 1.807) is 11.3 Å². The quantitative estimate of drug-likeness (QED) is 0.730. The molecule has 21 heavy (non-hydrogen) atoms. The Balaban J connectivity index is 2.02. The van der Waals surface area contributed by atoms with Crippen molar-refractivity contribution in [2.45, 2.75) is 33.9 Å². The summed E-state index contributed by atoms with van der Waals surface area (Å²) in [6.45, 7) is 9.03. The number of nitrogens with one attached hydrogen (secondary N) is 1. The van der Waals surface area contributed by atoms with E-state index >= 15 is 0 Å². The zero-order chi connectivity index (χ0) is 15.2. The van der Waals surface area contributed by atoms with Crippen molar-refractivity contribution in [2.24, 2.45) is 5.92 Å². The number of benzene rings is 1. The fourth-order valence-corrected chi connectivity index (χ4v) is 3.52. The number of halogens is 1. The van der Waals surface area contributed by atoms with Gasteiger partial charge in [-0.05, 0) is 53.0 Å². The Kier molecular flexibility index (Phi) is 6.27. The summed E-state index contributed by atoms with van der Waals surface area (Å²) in [6.07, 6.45) is 0. The molecule has 0 saturated carbocycles.